The quantitative estimate of drug-likeness (QED) is 0.876. The third-order valence-corrected chi connectivity index (χ3v) is 3.88. The molecule has 1 aliphatic rings. The Morgan fingerprint density at radius 1 is 1.56 bits per heavy atom. The number of carbonyl (C=O) groups is 1. The van der Waals surface area contributed by atoms with Gasteiger partial charge in [-0.05, 0) is 31.5 Å². The number of carboxylic acid groups (broad SMARTS) is 1. The van der Waals surface area contributed by atoms with Crippen molar-refractivity contribution in [1.29, 1.82) is 0 Å². The Morgan fingerprint density at radius 3 is 2.94 bits per heavy atom. The van der Waals surface area contributed by atoms with Gasteiger partial charge in [-0.25, -0.2) is 0 Å². The van der Waals surface area contributed by atoms with E-state index in [1.54, 1.807) is 11.8 Å². The summed E-state index contributed by atoms with van der Waals surface area (Å²) < 4.78 is 5.64. The molecule has 0 amide bonds. The largest absolute Gasteiger partial charge is 0.491 e. The van der Waals surface area contributed by atoms with Crippen LogP contribution in [0.2, 0.25) is 0 Å². The number of hydrogen-bond donors (Lipinski definition) is 2. The molecule has 1 fully saturated rings. The molecular formula is C13H17NO3S. The highest BCUT2D eigenvalue weighted by Gasteiger charge is 2.30. The SMILES string of the molecule is CC(C)Oc1cccc(C2N[C@H](C(=O)O)CS2)c1. The van der Waals surface area contributed by atoms with Crippen molar-refractivity contribution < 1.29 is 14.6 Å². The van der Waals surface area contributed by atoms with Crippen molar-refractivity contribution in [2.75, 3.05) is 5.75 Å². The molecular weight excluding hydrogens is 250 g/mol. The van der Waals surface area contributed by atoms with Gasteiger partial charge in [-0.1, -0.05) is 12.1 Å². The Hall–Kier alpha value is -1.20. The Morgan fingerprint density at radius 2 is 2.33 bits per heavy atom. The van der Waals surface area contributed by atoms with Gasteiger partial charge in [0, 0.05) is 5.75 Å². The number of aliphatic carboxylic acids is 1. The van der Waals surface area contributed by atoms with Crippen LogP contribution in [0.4, 0.5) is 0 Å². The zero-order valence-electron chi connectivity index (χ0n) is 10.4. The first-order valence-electron chi connectivity index (χ1n) is 5.93. The lowest BCUT2D eigenvalue weighted by Crippen LogP contribution is -2.33. The molecule has 0 spiro atoms. The molecule has 98 valence electrons. The van der Waals surface area contributed by atoms with Crippen LogP contribution in [-0.4, -0.2) is 29.0 Å². The highest BCUT2D eigenvalue weighted by molar-refractivity contribution is 7.99. The third kappa shape index (κ3) is 3.17. The zero-order valence-corrected chi connectivity index (χ0v) is 11.2. The van der Waals surface area contributed by atoms with Crippen LogP contribution < -0.4 is 10.1 Å². The number of rotatable bonds is 4. The van der Waals surface area contributed by atoms with Crippen molar-refractivity contribution >= 4 is 17.7 Å². The number of benzene rings is 1. The molecule has 4 nitrogen and oxygen atoms in total. The van der Waals surface area contributed by atoms with Crippen molar-refractivity contribution in [3.8, 4) is 5.75 Å². The molecule has 2 atom stereocenters. The lowest BCUT2D eigenvalue weighted by atomic mass is 10.2. The minimum atomic E-state index is -0.792. The summed E-state index contributed by atoms with van der Waals surface area (Å²) in [7, 11) is 0. The van der Waals surface area contributed by atoms with E-state index in [0.29, 0.717) is 5.75 Å². The fourth-order valence-electron chi connectivity index (χ4n) is 1.83. The second-order valence-electron chi connectivity index (χ2n) is 4.51. The Balaban J connectivity index is 2.07. The maximum atomic E-state index is 10.9. The smallest absolute Gasteiger partial charge is 0.321 e. The molecule has 5 heteroatoms. The first-order chi connectivity index (χ1) is 8.56. The maximum Gasteiger partial charge on any atom is 0.321 e. The van der Waals surface area contributed by atoms with Gasteiger partial charge in [-0.3, -0.25) is 10.1 Å². The van der Waals surface area contributed by atoms with E-state index in [4.69, 9.17) is 9.84 Å². The van der Waals surface area contributed by atoms with Gasteiger partial charge in [0.2, 0.25) is 0 Å². The van der Waals surface area contributed by atoms with Gasteiger partial charge in [0.25, 0.3) is 0 Å². The third-order valence-electron chi connectivity index (χ3n) is 2.61. The predicted octanol–water partition coefficient (Wildman–Crippen LogP) is 2.26. The van der Waals surface area contributed by atoms with Crippen molar-refractivity contribution in [3.05, 3.63) is 29.8 Å². The molecule has 1 saturated heterocycles. The van der Waals surface area contributed by atoms with Gasteiger partial charge in [0.05, 0.1) is 11.5 Å². The molecule has 1 unspecified atom stereocenters. The summed E-state index contributed by atoms with van der Waals surface area (Å²) in [5.41, 5.74) is 1.06. The highest BCUT2D eigenvalue weighted by atomic mass is 32.2. The number of thioether (sulfide) groups is 1. The number of carboxylic acids is 1. The molecule has 2 N–H and O–H groups in total. The summed E-state index contributed by atoms with van der Waals surface area (Å²) in [4.78, 5) is 10.9. The molecule has 1 aromatic rings. The predicted molar refractivity (Wildman–Crippen MR) is 72.0 cm³/mol. The zero-order chi connectivity index (χ0) is 13.1. The second-order valence-corrected chi connectivity index (χ2v) is 5.65. The fourth-order valence-corrected chi connectivity index (χ4v) is 3.05. The Labute approximate surface area is 111 Å². The second kappa shape index (κ2) is 5.63. The Bertz CT molecular complexity index is 436. The summed E-state index contributed by atoms with van der Waals surface area (Å²) in [5.74, 6) is 0.623. The van der Waals surface area contributed by atoms with Crippen molar-refractivity contribution in [2.24, 2.45) is 0 Å². The van der Waals surface area contributed by atoms with Gasteiger partial charge in [-0.2, -0.15) is 0 Å². The molecule has 0 radical (unpaired) electrons. The molecule has 1 aliphatic heterocycles. The molecule has 0 aliphatic carbocycles. The molecule has 1 heterocycles. The summed E-state index contributed by atoms with van der Waals surface area (Å²) >= 11 is 1.61. The first-order valence-corrected chi connectivity index (χ1v) is 6.98. The van der Waals surface area contributed by atoms with Gasteiger partial charge in [-0.15, -0.1) is 11.8 Å². The monoisotopic (exact) mass is 267 g/mol. The molecule has 0 bridgehead atoms. The van der Waals surface area contributed by atoms with Gasteiger partial charge in [0.1, 0.15) is 11.8 Å². The number of nitrogens with one attached hydrogen (secondary N) is 1. The minimum absolute atomic E-state index is 0.0295. The summed E-state index contributed by atoms with van der Waals surface area (Å²) in [6.07, 6.45) is 0.135. The van der Waals surface area contributed by atoms with Crippen LogP contribution in [0.25, 0.3) is 0 Å². The van der Waals surface area contributed by atoms with Gasteiger partial charge >= 0.3 is 5.97 Å². The minimum Gasteiger partial charge on any atom is -0.491 e. The van der Waals surface area contributed by atoms with E-state index >= 15 is 0 Å². The van der Waals surface area contributed by atoms with Crippen LogP contribution in [0.15, 0.2) is 24.3 Å². The topological polar surface area (TPSA) is 58.6 Å². The maximum absolute atomic E-state index is 10.9. The normalized spacial score (nSPS) is 23.3. The van der Waals surface area contributed by atoms with E-state index in [1.807, 2.05) is 38.1 Å². The summed E-state index contributed by atoms with van der Waals surface area (Å²) in [6, 6.07) is 7.34. The fraction of sp³-hybridized carbons (Fsp3) is 0.462. The molecule has 0 aromatic heterocycles. The van der Waals surface area contributed by atoms with E-state index in [2.05, 4.69) is 5.32 Å². The van der Waals surface area contributed by atoms with Gasteiger partial charge in [0.15, 0.2) is 0 Å². The lowest BCUT2D eigenvalue weighted by Gasteiger charge is -2.14. The molecule has 18 heavy (non-hydrogen) atoms. The number of ether oxygens (including phenoxy) is 1. The van der Waals surface area contributed by atoms with E-state index in [9.17, 15) is 4.79 Å². The molecule has 1 aromatic carbocycles. The average Bonchev–Trinajstić information content (AvgIpc) is 2.77. The van der Waals surface area contributed by atoms with Crippen LogP contribution in [0.1, 0.15) is 24.8 Å². The van der Waals surface area contributed by atoms with Crippen LogP contribution in [0.5, 0.6) is 5.75 Å². The first kappa shape index (κ1) is 13.2. The van der Waals surface area contributed by atoms with E-state index in [1.165, 1.54) is 0 Å². The van der Waals surface area contributed by atoms with E-state index < -0.39 is 12.0 Å². The van der Waals surface area contributed by atoms with Crippen LogP contribution in [0.3, 0.4) is 0 Å². The van der Waals surface area contributed by atoms with E-state index in [0.717, 1.165) is 11.3 Å². The standard InChI is InChI=1S/C13H17NO3S/c1-8(2)17-10-5-3-4-9(6-10)12-14-11(7-18-12)13(15)16/h3-6,8,11-12,14H,7H2,1-2H3,(H,15,16)/t11-,12?/m0/s1. The van der Waals surface area contributed by atoms with Crippen LogP contribution in [-0.2, 0) is 4.79 Å². The van der Waals surface area contributed by atoms with Crippen molar-refractivity contribution in [2.45, 2.75) is 31.4 Å². The average molecular weight is 267 g/mol. The molecule has 0 saturated carbocycles. The van der Waals surface area contributed by atoms with Crippen LogP contribution >= 0.6 is 11.8 Å². The van der Waals surface area contributed by atoms with Crippen molar-refractivity contribution in [3.63, 3.8) is 0 Å². The number of hydrogen-bond acceptors (Lipinski definition) is 4. The van der Waals surface area contributed by atoms with Gasteiger partial charge < -0.3 is 9.84 Å². The lowest BCUT2D eigenvalue weighted by molar-refractivity contribution is -0.138. The summed E-state index contributed by atoms with van der Waals surface area (Å²) in [5, 5.41) is 12.1. The summed E-state index contributed by atoms with van der Waals surface area (Å²) in [6.45, 7) is 3.96. The van der Waals surface area contributed by atoms with Crippen molar-refractivity contribution in [1.82, 2.24) is 5.32 Å². The molecule has 2 rings (SSSR count). The van der Waals surface area contributed by atoms with E-state index in [-0.39, 0.29) is 11.5 Å². The Kier molecular flexibility index (Phi) is 4.14. The highest BCUT2D eigenvalue weighted by Crippen LogP contribution is 2.34. The van der Waals surface area contributed by atoms with Crippen LogP contribution in [0, 0.1) is 0 Å².